The number of hydrogen-bond acceptors (Lipinski definition) is 3. The lowest BCUT2D eigenvalue weighted by molar-refractivity contribution is 0.0595. The van der Waals surface area contributed by atoms with Crippen molar-refractivity contribution in [2.24, 2.45) is 0 Å². The molecule has 0 spiro atoms. The van der Waals surface area contributed by atoms with Crippen LogP contribution in [0.25, 0.3) is 0 Å². The number of nitrogens with one attached hydrogen (secondary N) is 1. The van der Waals surface area contributed by atoms with Crippen molar-refractivity contribution in [2.45, 2.75) is 6.54 Å². The normalized spacial score (nSPS) is 10.2. The third-order valence-electron chi connectivity index (χ3n) is 2.78. The minimum atomic E-state index is -0.708. The highest BCUT2D eigenvalue weighted by Crippen LogP contribution is 2.14. The van der Waals surface area contributed by atoms with Gasteiger partial charge in [-0.05, 0) is 42.0 Å². The van der Waals surface area contributed by atoms with Crippen LogP contribution in [0.4, 0.5) is 14.5 Å². The van der Waals surface area contributed by atoms with E-state index in [1.54, 1.807) is 18.2 Å². The fraction of sp³-hybridized carbons (Fsp3) is 0.133. The number of methoxy groups -OCH3 is 1. The average Bonchev–Trinajstić information content (AvgIpc) is 2.46. The Hall–Kier alpha value is -2.43. The second-order valence-electron chi connectivity index (χ2n) is 4.17. The van der Waals surface area contributed by atoms with Gasteiger partial charge in [-0.1, -0.05) is 6.07 Å². The summed E-state index contributed by atoms with van der Waals surface area (Å²) in [6.45, 7) is 0.365. The molecule has 0 amide bonds. The minimum absolute atomic E-state index is 0.0990. The van der Waals surface area contributed by atoms with Crippen LogP contribution in [-0.4, -0.2) is 13.1 Å². The number of rotatable bonds is 4. The second kappa shape index (κ2) is 6.14. The van der Waals surface area contributed by atoms with E-state index in [-0.39, 0.29) is 11.4 Å². The number of esters is 1. The van der Waals surface area contributed by atoms with Gasteiger partial charge in [-0.2, -0.15) is 0 Å². The first-order valence-corrected chi connectivity index (χ1v) is 5.96. The molecule has 0 aromatic heterocycles. The molecule has 104 valence electrons. The lowest BCUT2D eigenvalue weighted by atomic mass is 10.1. The van der Waals surface area contributed by atoms with Gasteiger partial charge in [-0.25, -0.2) is 13.6 Å². The van der Waals surface area contributed by atoms with E-state index in [9.17, 15) is 13.6 Å². The van der Waals surface area contributed by atoms with Crippen LogP contribution in [0.1, 0.15) is 15.9 Å². The molecule has 0 aliphatic rings. The molecule has 0 saturated carbocycles. The number of ether oxygens (including phenoxy) is 1. The van der Waals surface area contributed by atoms with Crippen molar-refractivity contribution in [3.05, 3.63) is 65.2 Å². The van der Waals surface area contributed by atoms with Crippen LogP contribution in [0.5, 0.6) is 0 Å². The summed E-state index contributed by atoms with van der Waals surface area (Å²) in [5.74, 6) is -1.65. The van der Waals surface area contributed by atoms with Gasteiger partial charge in [0.05, 0.1) is 12.7 Å². The van der Waals surface area contributed by atoms with Gasteiger partial charge >= 0.3 is 5.97 Å². The van der Waals surface area contributed by atoms with Gasteiger partial charge in [0, 0.05) is 12.2 Å². The zero-order valence-electron chi connectivity index (χ0n) is 10.8. The third-order valence-corrected chi connectivity index (χ3v) is 2.78. The Morgan fingerprint density at radius 2 is 1.85 bits per heavy atom. The highest BCUT2D eigenvalue weighted by atomic mass is 19.1. The van der Waals surface area contributed by atoms with Gasteiger partial charge in [0.2, 0.25) is 0 Å². The molecule has 0 heterocycles. The summed E-state index contributed by atoms with van der Waals surface area (Å²) in [6, 6.07) is 10.1. The summed E-state index contributed by atoms with van der Waals surface area (Å²) in [7, 11) is 1.20. The Morgan fingerprint density at radius 3 is 2.45 bits per heavy atom. The van der Waals surface area contributed by atoms with Crippen molar-refractivity contribution in [3.63, 3.8) is 0 Å². The second-order valence-corrected chi connectivity index (χ2v) is 4.17. The minimum Gasteiger partial charge on any atom is -0.465 e. The molecule has 20 heavy (non-hydrogen) atoms. The zero-order valence-corrected chi connectivity index (χ0v) is 10.8. The maximum Gasteiger partial charge on any atom is 0.340 e. The molecule has 2 aromatic carbocycles. The number of anilines is 1. The third kappa shape index (κ3) is 3.32. The summed E-state index contributed by atoms with van der Waals surface area (Å²) >= 11 is 0. The molecule has 2 aromatic rings. The number of carbonyl (C=O) groups excluding carboxylic acids is 1. The van der Waals surface area contributed by atoms with Gasteiger partial charge in [0.25, 0.3) is 0 Å². The topological polar surface area (TPSA) is 38.3 Å². The van der Waals surface area contributed by atoms with Crippen molar-refractivity contribution in [3.8, 4) is 0 Å². The molecule has 0 unspecified atom stereocenters. The lowest BCUT2D eigenvalue weighted by Crippen LogP contribution is -2.06. The Labute approximate surface area is 115 Å². The first-order valence-electron chi connectivity index (χ1n) is 5.96. The van der Waals surface area contributed by atoms with Crippen molar-refractivity contribution in [2.75, 3.05) is 12.4 Å². The summed E-state index contributed by atoms with van der Waals surface area (Å²) in [5, 5.41) is 3.03. The van der Waals surface area contributed by atoms with Crippen LogP contribution in [-0.2, 0) is 11.3 Å². The van der Waals surface area contributed by atoms with Crippen molar-refractivity contribution >= 4 is 11.7 Å². The molecule has 3 nitrogen and oxygen atoms in total. The van der Waals surface area contributed by atoms with Crippen LogP contribution >= 0.6 is 0 Å². The highest BCUT2D eigenvalue weighted by molar-refractivity contribution is 5.89. The SMILES string of the molecule is COC(=O)c1ccc(CNc2ccc(F)cc2)cc1F. The van der Waals surface area contributed by atoms with Crippen LogP contribution in [0.15, 0.2) is 42.5 Å². The average molecular weight is 277 g/mol. The molecular weight excluding hydrogens is 264 g/mol. The van der Waals surface area contributed by atoms with Crippen LogP contribution in [0, 0.1) is 11.6 Å². The van der Waals surface area contributed by atoms with E-state index in [0.29, 0.717) is 12.1 Å². The number of carbonyl (C=O) groups is 1. The standard InChI is InChI=1S/C15H13F2NO2/c1-20-15(19)13-7-2-10(8-14(13)17)9-18-12-5-3-11(16)4-6-12/h2-8,18H,9H2,1H3. The Balaban J connectivity index is 2.05. The molecular formula is C15H13F2NO2. The fourth-order valence-electron chi connectivity index (χ4n) is 1.72. The quantitative estimate of drug-likeness (QED) is 0.871. The summed E-state index contributed by atoms with van der Waals surface area (Å²) in [4.78, 5) is 11.2. The van der Waals surface area contributed by atoms with Gasteiger partial charge in [0.15, 0.2) is 0 Å². The lowest BCUT2D eigenvalue weighted by Gasteiger charge is -2.08. The number of hydrogen-bond donors (Lipinski definition) is 1. The summed E-state index contributed by atoms with van der Waals surface area (Å²) < 4.78 is 30.9. The van der Waals surface area contributed by atoms with Crippen molar-refractivity contribution in [1.29, 1.82) is 0 Å². The molecule has 1 N–H and O–H groups in total. The van der Waals surface area contributed by atoms with E-state index in [1.165, 1.54) is 31.4 Å². The largest absolute Gasteiger partial charge is 0.465 e. The van der Waals surface area contributed by atoms with E-state index >= 15 is 0 Å². The van der Waals surface area contributed by atoms with Crippen molar-refractivity contribution in [1.82, 2.24) is 0 Å². The fourth-order valence-corrected chi connectivity index (χ4v) is 1.72. The van der Waals surface area contributed by atoms with Crippen LogP contribution in [0.3, 0.4) is 0 Å². The molecule has 0 saturated heterocycles. The molecule has 0 fully saturated rings. The monoisotopic (exact) mass is 277 g/mol. The van der Waals surface area contributed by atoms with Gasteiger partial charge in [-0.15, -0.1) is 0 Å². The van der Waals surface area contributed by atoms with Crippen molar-refractivity contribution < 1.29 is 18.3 Å². The first kappa shape index (κ1) is 14.0. The summed E-state index contributed by atoms with van der Waals surface area (Å²) in [5.41, 5.74) is 1.29. The molecule has 0 atom stereocenters. The first-order chi connectivity index (χ1) is 9.60. The van der Waals surface area contributed by atoms with Crippen LogP contribution in [0.2, 0.25) is 0 Å². The maximum atomic E-state index is 13.7. The molecule has 0 bridgehead atoms. The van der Waals surface area contributed by atoms with E-state index in [2.05, 4.69) is 10.1 Å². The predicted octanol–water partition coefficient (Wildman–Crippen LogP) is 3.36. The van der Waals surface area contributed by atoms with Gasteiger partial charge in [-0.3, -0.25) is 0 Å². The molecule has 2 rings (SSSR count). The van der Waals surface area contributed by atoms with Gasteiger partial charge in [0.1, 0.15) is 11.6 Å². The van der Waals surface area contributed by atoms with E-state index in [0.717, 1.165) is 5.69 Å². The predicted molar refractivity (Wildman–Crippen MR) is 71.5 cm³/mol. The summed E-state index contributed by atoms with van der Waals surface area (Å²) in [6.07, 6.45) is 0. The van der Waals surface area contributed by atoms with E-state index in [4.69, 9.17) is 0 Å². The van der Waals surface area contributed by atoms with Crippen LogP contribution < -0.4 is 5.32 Å². The Bertz CT molecular complexity index is 612. The van der Waals surface area contributed by atoms with Gasteiger partial charge < -0.3 is 10.1 Å². The molecule has 0 radical (unpaired) electrons. The Kier molecular flexibility index (Phi) is 4.30. The van der Waals surface area contributed by atoms with E-state index in [1.807, 2.05) is 0 Å². The molecule has 0 aliphatic heterocycles. The van der Waals surface area contributed by atoms with E-state index < -0.39 is 11.8 Å². The highest BCUT2D eigenvalue weighted by Gasteiger charge is 2.12. The zero-order chi connectivity index (χ0) is 14.5. The smallest absolute Gasteiger partial charge is 0.340 e. The molecule has 5 heteroatoms. The number of halogens is 2. The Morgan fingerprint density at radius 1 is 1.15 bits per heavy atom. The number of benzene rings is 2. The maximum absolute atomic E-state index is 13.7. The molecule has 0 aliphatic carbocycles.